The molecule has 0 aliphatic rings. The first-order valence-corrected chi connectivity index (χ1v) is 6.24. The van der Waals surface area contributed by atoms with Crippen LogP contribution < -0.4 is 5.63 Å². The van der Waals surface area contributed by atoms with Crippen LogP contribution in [0.25, 0.3) is 11.2 Å². The predicted molar refractivity (Wildman–Crippen MR) is 64.8 cm³/mol. The zero-order valence-electron chi connectivity index (χ0n) is 8.65. The Hall–Kier alpha value is -1.23. The number of pyridine rings is 1. The molecule has 2 heterocycles. The fourth-order valence-electron chi connectivity index (χ4n) is 1.43. The molecule has 0 atom stereocenters. The lowest BCUT2D eigenvalue weighted by atomic mass is 10.2. The third-order valence-corrected chi connectivity index (χ3v) is 2.79. The number of halogens is 1. The highest BCUT2D eigenvalue weighted by atomic mass is 79.9. The number of fused-ring (bicyclic) bond motifs is 1. The van der Waals surface area contributed by atoms with Gasteiger partial charge in [-0.1, -0.05) is 15.9 Å². The molecule has 2 aromatic heterocycles. The molecule has 0 saturated heterocycles. The maximum atomic E-state index is 11.5. The van der Waals surface area contributed by atoms with Crippen LogP contribution in [0.15, 0.2) is 27.5 Å². The lowest BCUT2D eigenvalue weighted by Gasteiger charge is -1.99. The Morgan fingerprint density at radius 2 is 2.25 bits per heavy atom. The van der Waals surface area contributed by atoms with Crippen LogP contribution in [0.3, 0.4) is 0 Å². The molecule has 0 amide bonds. The van der Waals surface area contributed by atoms with Gasteiger partial charge in [-0.25, -0.2) is 14.8 Å². The van der Waals surface area contributed by atoms with Crippen molar-refractivity contribution in [2.24, 2.45) is 0 Å². The Bertz CT molecular complexity index is 539. The van der Waals surface area contributed by atoms with E-state index in [0.29, 0.717) is 23.3 Å². The predicted octanol–water partition coefficient (Wildman–Crippen LogP) is 2.30. The molecule has 0 bridgehead atoms. The summed E-state index contributed by atoms with van der Waals surface area (Å²) in [5.74, 6) is 0. The summed E-state index contributed by atoms with van der Waals surface area (Å²) in [5.41, 5.74) is 1.05. The quantitative estimate of drug-likeness (QED) is 0.638. The van der Waals surface area contributed by atoms with Gasteiger partial charge >= 0.3 is 5.63 Å². The topological polar surface area (TPSA) is 56.0 Å². The number of unbranched alkanes of at least 4 members (excludes halogenated alkanes) is 1. The average Bonchev–Trinajstić information content (AvgIpc) is 2.30. The highest BCUT2D eigenvalue weighted by Gasteiger charge is 2.06. The van der Waals surface area contributed by atoms with Gasteiger partial charge < -0.3 is 4.42 Å². The fraction of sp³-hybridized carbons (Fsp3) is 0.364. The van der Waals surface area contributed by atoms with Crippen molar-refractivity contribution in [3.8, 4) is 0 Å². The van der Waals surface area contributed by atoms with Gasteiger partial charge in [-0.05, 0) is 31.4 Å². The third kappa shape index (κ3) is 2.47. The summed E-state index contributed by atoms with van der Waals surface area (Å²) in [6.45, 7) is 0. The first-order valence-electron chi connectivity index (χ1n) is 5.12. The van der Waals surface area contributed by atoms with Crippen LogP contribution in [0.1, 0.15) is 18.5 Å². The number of hydrogen-bond acceptors (Lipinski definition) is 4. The van der Waals surface area contributed by atoms with E-state index >= 15 is 0 Å². The summed E-state index contributed by atoms with van der Waals surface area (Å²) >= 11 is 3.35. The smallest absolute Gasteiger partial charge is 0.359 e. The zero-order valence-corrected chi connectivity index (χ0v) is 10.2. The van der Waals surface area contributed by atoms with Crippen LogP contribution in [-0.4, -0.2) is 15.3 Å². The number of aromatic nitrogens is 2. The second-order valence-electron chi connectivity index (χ2n) is 3.42. The summed E-state index contributed by atoms with van der Waals surface area (Å²) in [5, 5.41) is 0.938. The van der Waals surface area contributed by atoms with Crippen LogP contribution in [0.4, 0.5) is 0 Å². The Labute approximate surface area is 101 Å². The van der Waals surface area contributed by atoms with E-state index in [4.69, 9.17) is 4.42 Å². The van der Waals surface area contributed by atoms with E-state index in [1.165, 1.54) is 0 Å². The minimum atomic E-state index is -0.374. The molecule has 5 heteroatoms. The van der Waals surface area contributed by atoms with Crippen molar-refractivity contribution in [2.45, 2.75) is 19.3 Å². The molecule has 0 N–H and O–H groups in total. The van der Waals surface area contributed by atoms with E-state index in [0.717, 1.165) is 18.2 Å². The van der Waals surface area contributed by atoms with Gasteiger partial charge in [0.05, 0.1) is 0 Å². The molecule has 4 nitrogen and oxygen atoms in total. The van der Waals surface area contributed by atoms with Gasteiger partial charge in [-0.2, -0.15) is 0 Å². The van der Waals surface area contributed by atoms with Crippen LogP contribution >= 0.6 is 15.9 Å². The van der Waals surface area contributed by atoms with E-state index in [9.17, 15) is 4.79 Å². The maximum Gasteiger partial charge on any atom is 0.359 e. The molecule has 84 valence electrons. The first kappa shape index (κ1) is 11.3. The first-order chi connectivity index (χ1) is 7.81. The highest BCUT2D eigenvalue weighted by Crippen LogP contribution is 2.07. The number of aryl methyl sites for hydroxylation is 1. The largest absolute Gasteiger partial charge is 0.401 e. The van der Waals surface area contributed by atoms with Gasteiger partial charge in [-0.15, -0.1) is 0 Å². The van der Waals surface area contributed by atoms with Gasteiger partial charge in [-0.3, -0.25) is 0 Å². The van der Waals surface area contributed by atoms with E-state index in [1.807, 2.05) is 0 Å². The molecule has 0 aliphatic carbocycles. The van der Waals surface area contributed by atoms with Crippen molar-refractivity contribution >= 4 is 27.2 Å². The molecule has 0 radical (unpaired) electrons. The highest BCUT2D eigenvalue weighted by molar-refractivity contribution is 9.09. The average molecular weight is 283 g/mol. The standard InChI is InChI=1S/C11H11BrN2O2/c12-6-2-1-4-9-11(15)16-10-8(14-9)5-3-7-13-10/h3,5,7H,1-2,4,6H2. The van der Waals surface area contributed by atoms with Crippen LogP contribution in [-0.2, 0) is 6.42 Å². The molecule has 2 aromatic rings. The number of nitrogens with zero attached hydrogens (tertiary/aromatic N) is 2. The minimum Gasteiger partial charge on any atom is -0.401 e. The monoisotopic (exact) mass is 282 g/mol. The second kappa shape index (κ2) is 5.21. The minimum absolute atomic E-state index is 0.303. The molecule has 2 rings (SSSR count). The SMILES string of the molecule is O=c1oc2ncccc2nc1CCCCBr. The molecule has 0 spiro atoms. The van der Waals surface area contributed by atoms with Crippen LogP contribution in [0.2, 0.25) is 0 Å². The van der Waals surface area contributed by atoms with Crippen LogP contribution in [0.5, 0.6) is 0 Å². The third-order valence-electron chi connectivity index (χ3n) is 2.23. The molecular weight excluding hydrogens is 272 g/mol. The maximum absolute atomic E-state index is 11.5. The molecule has 0 aromatic carbocycles. The second-order valence-corrected chi connectivity index (χ2v) is 4.21. The van der Waals surface area contributed by atoms with E-state index < -0.39 is 0 Å². The van der Waals surface area contributed by atoms with Crippen LogP contribution in [0, 0.1) is 0 Å². The van der Waals surface area contributed by atoms with Crippen molar-refractivity contribution in [3.05, 3.63) is 34.4 Å². The summed E-state index contributed by atoms with van der Waals surface area (Å²) in [4.78, 5) is 19.8. The van der Waals surface area contributed by atoms with E-state index in [1.54, 1.807) is 18.3 Å². The Balaban J connectivity index is 2.31. The fourth-order valence-corrected chi connectivity index (χ4v) is 1.83. The number of hydrogen-bond donors (Lipinski definition) is 0. The van der Waals surface area contributed by atoms with Gasteiger partial charge in [0.15, 0.2) is 0 Å². The molecule has 0 unspecified atom stereocenters. The lowest BCUT2D eigenvalue weighted by molar-refractivity contribution is 0.527. The molecule has 0 fully saturated rings. The number of alkyl halides is 1. The van der Waals surface area contributed by atoms with Crippen molar-refractivity contribution in [1.82, 2.24) is 9.97 Å². The van der Waals surface area contributed by atoms with Crippen molar-refractivity contribution < 1.29 is 4.42 Å². The molecule has 16 heavy (non-hydrogen) atoms. The summed E-state index contributed by atoms with van der Waals surface area (Å²) in [6, 6.07) is 3.57. The van der Waals surface area contributed by atoms with E-state index in [2.05, 4.69) is 25.9 Å². The van der Waals surface area contributed by atoms with Crippen molar-refractivity contribution in [1.29, 1.82) is 0 Å². The number of rotatable bonds is 4. The Morgan fingerprint density at radius 1 is 1.38 bits per heavy atom. The molecular formula is C11H11BrN2O2. The summed E-state index contributed by atoms with van der Waals surface area (Å²) < 4.78 is 5.08. The zero-order chi connectivity index (χ0) is 11.4. The molecule has 0 saturated carbocycles. The normalized spacial score (nSPS) is 10.8. The lowest BCUT2D eigenvalue weighted by Crippen LogP contribution is -2.10. The van der Waals surface area contributed by atoms with Gasteiger partial charge in [0, 0.05) is 11.5 Å². The van der Waals surface area contributed by atoms with Gasteiger partial charge in [0.25, 0.3) is 0 Å². The summed E-state index contributed by atoms with van der Waals surface area (Å²) in [6.07, 6.45) is 4.18. The van der Waals surface area contributed by atoms with Crippen molar-refractivity contribution in [3.63, 3.8) is 0 Å². The Morgan fingerprint density at radius 3 is 3.06 bits per heavy atom. The summed E-state index contributed by atoms with van der Waals surface area (Å²) in [7, 11) is 0. The van der Waals surface area contributed by atoms with Gasteiger partial charge in [0.2, 0.25) is 5.71 Å². The Kier molecular flexibility index (Phi) is 3.66. The molecule has 0 aliphatic heterocycles. The van der Waals surface area contributed by atoms with Gasteiger partial charge in [0.1, 0.15) is 11.2 Å². The van der Waals surface area contributed by atoms with E-state index in [-0.39, 0.29) is 5.63 Å². The van der Waals surface area contributed by atoms with Crippen molar-refractivity contribution in [2.75, 3.05) is 5.33 Å².